The zero-order chi connectivity index (χ0) is 9.90. The molecule has 1 heterocycles. The molecule has 0 saturated carbocycles. The summed E-state index contributed by atoms with van der Waals surface area (Å²) in [7, 11) is 1.88. The Bertz CT molecular complexity index is 264. The van der Waals surface area contributed by atoms with Gasteiger partial charge in [-0.2, -0.15) is 10.1 Å². The van der Waals surface area contributed by atoms with E-state index in [-0.39, 0.29) is 0 Å². The first kappa shape index (κ1) is 10.0. The van der Waals surface area contributed by atoms with E-state index >= 15 is 0 Å². The highest BCUT2D eigenvalue weighted by Crippen LogP contribution is 2.19. The van der Waals surface area contributed by atoms with Crippen LogP contribution in [0.15, 0.2) is 6.33 Å². The van der Waals surface area contributed by atoms with Crippen LogP contribution in [0, 0.1) is 5.41 Å². The molecule has 0 fully saturated rings. The van der Waals surface area contributed by atoms with Crippen LogP contribution in [0.3, 0.4) is 0 Å². The summed E-state index contributed by atoms with van der Waals surface area (Å²) < 4.78 is 1.74. The summed E-state index contributed by atoms with van der Waals surface area (Å²) in [6, 6.07) is 0. The topological polar surface area (TPSA) is 42.7 Å². The van der Waals surface area contributed by atoms with Gasteiger partial charge in [0.25, 0.3) is 0 Å². The van der Waals surface area contributed by atoms with Crippen molar-refractivity contribution in [2.24, 2.45) is 12.5 Å². The van der Waals surface area contributed by atoms with Crippen LogP contribution in [0.1, 0.15) is 27.2 Å². The fourth-order valence-corrected chi connectivity index (χ4v) is 0.900. The largest absolute Gasteiger partial charge is 0.354 e. The highest BCUT2D eigenvalue weighted by molar-refractivity contribution is 5.22. The molecule has 0 saturated heterocycles. The molecule has 0 atom stereocenters. The van der Waals surface area contributed by atoms with E-state index in [9.17, 15) is 0 Å². The van der Waals surface area contributed by atoms with E-state index < -0.39 is 0 Å². The Balaban J connectivity index is 2.48. The molecule has 13 heavy (non-hydrogen) atoms. The number of hydrogen-bond donors (Lipinski definition) is 1. The Morgan fingerprint density at radius 2 is 2.23 bits per heavy atom. The Labute approximate surface area is 79.4 Å². The number of rotatable bonds is 4. The number of hydrogen-bond acceptors (Lipinski definition) is 3. The summed E-state index contributed by atoms with van der Waals surface area (Å²) in [5.41, 5.74) is 0.311. The van der Waals surface area contributed by atoms with Crippen molar-refractivity contribution in [1.29, 1.82) is 0 Å². The zero-order valence-electron chi connectivity index (χ0n) is 8.83. The predicted molar refractivity (Wildman–Crippen MR) is 53.6 cm³/mol. The van der Waals surface area contributed by atoms with E-state index in [1.165, 1.54) is 0 Å². The molecule has 0 spiro atoms. The maximum Gasteiger partial charge on any atom is 0.220 e. The first-order chi connectivity index (χ1) is 6.05. The van der Waals surface area contributed by atoms with E-state index in [2.05, 4.69) is 36.2 Å². The lowest BCUT2D eigenvalue weighted by Gasteiger charge is -2.22. The monoisotopic (exact) mass is 182 g/mol. The van der Waals surface area contributed by atoms with Crippen molar-refractivity contribution in [1.82, 2.24) is 14.8 Å². The van der Waals surface area contributed by atoms with Gasteiger partial charge in [-0.05, 0) is 11.8 Å². The average Bonchev–Trinajstić information content (AvgIpc) is 2.48. The van der Waals surface area contributed by atoms with E-state index in [1.807, 2.05) is 7.05 Å². The SMILES string of the molecule is CCC(C)(C)CNc1ncnn1C. The number of nitrogens with zero attached hydrogens (tertiary/aromatic N) is 3. The highest BCUT2D eigenvalue weighted by atomic mass is 15.4. The van der Waals surface area contributed by atoms with Gasteiger partial charge in [0.05, 0.1) is 0 Å². The van der Waals surface area contributed by atoms with Crippen molar-refractivity contribution >= 4 is 5.95 Å². The molecule has 0 unspecified atom stereocenters. The van der Waals surface area contributed by atoms with Gasteiger partial charge in [0.1, 0.15) is 6.33 Å². The van der Waals surface area contributed by atoms with Crippen molar-refractivity contribution in [3.63, 3.8) is 0 Å². The average molecular weight is 182 g/mol. The van der Waals surface area contributed by atoms with Crippen molar-refractivity contribution in [2.75, 3.05) is 11.9 Å². The highest BCUT2D eigenvalue weighted by Gasteiger charge is 2.15. The van der Waals surface area contributed by atoms with Crippen LogP contribution in [0.25, 0.3) is 0 Å². The van der Waals surface area contributed by atoms with Gasteiger partial charge in [-0.3, -0.25) is 0 Å². The molecule has 4 heteroatoms. The smallest absolute Gasteiger partial charge is 0.220 e. The predicted octanol–water partition coefficient (Wildman–Crippen LogP) is 1.66. The van der Waals surface area contributed by atoms with Crippen LogP contribution >= 0.6 is 0 Å². The Morgan fingerprint density at radius 1 is 1.54 bits per heavy atom. The summed E-state index contributed by atoms with van der Waals surface area (Å²) >= 11 is 0. The molecule has 4 nitrogen and oxygen atoms in total. The van der Waals surface area contributed by atoms with E-state index in [0.717, 1.165) is 18.9 Å². The Morgan fingerprint density at radius 3 is 2.69 bits per heavy atom. The minimum Gasteiger partial charge on any atom is -0.354 e. The van der Waals surface area contributed by atoms with Crippen LogP contribution in [-0.2, 0) is 7.05 Å². The van der Waals surface area contributed by atoms with Crippen molar-refractivity contribution in [3.05, 3.63) is 6.33 Å². The van der Waals surface area contributed by atoms with Gasteiger partial charge in [0.15, 0.2) is 0 Å². The molecule has 0 aliphatic rings. The maximum absolute atomic E-state index is 4.09. The second-order valence-electron chi connectivity index (χ2n) is 4.08. The lowest BCUT2D eigenvalue weighted by molar-refractivity contribution is 0.375. The minimum absolute atomic E-state index is 0.311. The Kier molecular flexibility index (Phi) is 2.90. The lowest BCUT2D eigenvalue weighted by Crippen LogP contribution is -2.23. The van der Waals surface area contributed by atoms with Crippen LogP contribution in [0.2, 0.25) is 0 Å². The standard InChI is InChI=1S/C9H18N4/c1-5-9(2,3)6-10-8-11-7-12-13(8)4/h7H,5-6H2,1-4H3,(H,10,11,12). The molecule has 1 aromatic rings. The van der Waals surface area contributed by atoms with E-state index in [0.29, 0.717) is 5.41 Å². The molecule has 0 radical (unpaired) electrons. The first-order valence-corrected chi connectivity index (χ1v) is 4.63. The van der Waals surface area contributed by atoms with Crippen LogP contribution < -0.4 is 5.32 Å². The van der Waals surface area contributed by atoms with Crippen molar-refractivity contribution in [3.8, 4) is 0 Å². The quantitative estimate of drug-likeness (QED) is 0.770. The lowest BCUT2D eigenvalue weighted by atomic mass is 9.90. The number of anilines is 1. The molecule has 0 aliphatic heterocycles. The van der Waals surface area contributed by atoms with Gasteiger partial charge in [0, 0.05) is 13.6 Å². The van der Waals surface area contributed by atoms with Gasteiger partial charge in [-0.25, -0.2) is 4.68 Å². The third-order valence-electron chi connectivity index (χ3n) is 2.39. The van der Waals surface area contributed by atoms with Crippen LogP contribution in [-0.4, -0.2) is 21.3 Å². The number of aromatic nitrogens is 3. The molecule has 74 valence electrons. The summed E-state index contributed by atoms with van der Waals surface area (Å²) in [5.74, 6) is 0.835. The van der Waals surface area contributed by atoms with Crippen molar-refractivity contribution < 1.29 is 0 Å². The zero-order valence-corrected chi connectivity index (χ0v) is 8.83. The fraction of sp³-hybridized carbons (Fsp3) is 0.778. The van der Waals surface area contributed by atoms with E-state index in [4.69, 9.17) is 0 Å². The number of nitrogens with one attached hydrogen (secondary N) is 1. The summed E-state index contributed by atoms with van der Waals surface area (Å²) in [6.07, 6.45) is 2.71. The molecule has 0 aliphatic carbocycles. The molecule has 0 bridgehead atoms. The first-order valence-electron chi connectivity index (χ1n) is 4.63. The van der Waals surface area contributed by atoms with Gasteiger partial charge in [0.2, 0.25) is 5.95 Å². The molecule has 1 aromatic heterocycles. The third-order valence-corrected chi connectivity index (χ3v) is 2.39. The van der Waals surface area contributed by atoms with Gasteiger partial charge in [-0.15, -0.1) is 0 Å². The summed E-state index contributed by atoms with van der Waals surface area (Å²) in [4.78, 5) is 4.09. The summed E-state index contributed by atoms with van der Waals surface area (Å²) in [5, 5.41) is 7.26. The molecular formula is C9H18N4. The number of aryl methyl sites for hydroxylation is 1. The second kappa shape index (κ2) is 3.77. The third kappa shape index (κ3) is 2.72. The fourth-order valence-electron chi connectivity index (χ4n) is 0.900. The summed E-state index contributed by atoms with van der Waals surface area (Å²) in [6.45, 7) is 7.58. The second-order valence-corrected chi connectivity index (χ2v) is 4.08. The molecule has 0 aromatic carbocycles. The van der Waals surface area contributed by atoms with Gasteiger partial charge >= 0.3 is 0 Å². The van der Waals surface area contributed by atoms with Gasteiger partial charge in [-0.1, -0.05) is 20.8 Å². The van der Waals surface area contributed by atoms with Crippen LogP contribution in [0.4, 0.5) is 5.95 Å². The molecular weight excluding hydrogens is 164 g/mol. The molecule has 0 amide bonds. The van der Waals surface area contributed by atoms with Gasteiger partial charge < -0.3 is 5.32 Å². The maximum atomic E-state index is 4.09. The van der Waals surface area contributed by atoms with Crippen molar-refractivity contribution in [2.45, 2.75) is 27.2 Å². The molecule has 1 rings (SSSR count). The van der Waals surface area contributed by atoms with E-state index in [1.54, 1.807) is 11.0 Å². The normalized spacial score (nSPS) is 11.7. The van der Waals surface area contributed by atoms with Crippen LogP contribution in [0.5, 0.6) is 0 Å². The molecule has 1 N–H and O–H groups in total. The minimum atomic E-state index is 0.311. The Hall–Kier alpha value is -1.06.